The number of amides is 1. The second-order valence-corrected chi connectivity index (χ2v) is 10.8. The Labute approximate surface area is 173 Å². The highest BCUT2D eigenvalue weighted by Crippen LogP contribution is 2.33. The maximum Gasteiger partial charge on any atom is 0.274 e. The van der Waals surface area contributed by atoms with Gasteiger partial charge in [-0.15, -0.1) is 11.3 Å². The van der Waals surface area contributed by atoms with Crippen LogP contribution >= 0.6 is 11.3 Å². The Balaban J connectivity index is 1.48. The van der Waals surface area contributed by atoms with Gasteiger partial charge in [-0.25, -0.2) is 8.42 Å². The van der Waals surface area contributed by atoms with Gasteiger partial charge in [-0.05, 0) is 41.5 Å². The van der Waals surface area contributed by atoms with E-state index in [0.29, 0.717) is 25.2 Å². The van der Waals surface area contributed by atoms with Crippen molar-refractivity contribution in [2.45, 2.75) is 25.4 Å². The third-order valence-corrected chi connectivity index (χ3v) is 8.34. The minimum atomic E-state index is -3.05. The number of aromatic nitrogens is 2. The van der Waals surface area contributed by atoms with Crippen molar-refractivity contribution in [1.29, 1.82) is 0 Å². The summed E-state index contributed by atoms with van der Waals surface area (Å²) in [7, 11) is -3.05. The molecular weight excluding hydrogens is 406 g/mol. The fourth-order valence-corrected chi connectivity index (χ4v) is 6.61. The summed E-state index contributed by atoms with van der Waals surface area (Å²) in [6.07, 6.45) is 1.37. The number of benzene rings is 1. The summed E-state index contributed by atoms with van der Waals surface area (Å²) in [6.45, 7) is 1.24. The van der Waals surface area contributed by atoms with Crippen molar-refractivity contribution in [2.24, 2.45) is 0 Å². The molecule has 1 saturated heterocycles. The zero-order chi connectivity index (χ0) is 20.0. The van der Waals surface area contributed by atoms with E-state index >= 15 is 0 Å². The quantitative estimate of drug-likeness (QED) is 0.644. The molecule has 8 heteroatoms. The molecule has 1 atom stereocenters. The minimum absolute atomic E-state index is 0.0811. The van der Waals surface area contributed by atoms with Crippen molar-refractivity contribution in [3.63, 3.8) is 0 Å². The fourth-order valence-electron chi connectivity index (χ4n) is 4.18. The first kappa shape index (κ1) is 18.6. The van der Waals surface area contributed by atoms with Gasteiger partial charge in [0.1, 0.15) is 0 Å². The van der Waals surface area contributed by atoms with Gasteiger partial charge in [0.2, 0.25) is 0 Å². The predicted molar refractivity (Wildman–Crippen MR) is 113 cm³/mol. The monoisotopic (exact) mass is 427 g/mol. The number of carbonyl (C=O) groups excluding carboxylic acids is 1. The van der Waals surface area contributed by atoms with Crippen LogP contribution in [0.15, 0.2) is 47.8 Å². The van der Waals surface area contributed by atoms with Crippen LogP contribution in [0.5, 0.6) is 0 Å². The van der Waals surface area contributed by atoms with Gasteiger partial charge in [-0.1, -0.05) is 30.3 Å². The molecule has 5 rings (SSSR count). The maximum atomic E-state index is 13.2. The van der Waals surface area contributed by atoms with Gasteiger partial charge in [-0.2, -0.15) is 5.10 Å². The molecular formula is C21H21N3O3S2. The van der Waals surface area contributed by atoms with Gasteiger partial charge >= 0.3 is 0 Å². The van der Waals surface area contributed by atoms with Gasteiger partial charge in [0.15, 0.2) is 15.5 Å². The first-order valence-electron chi connectivity index (χ1n) is 9.70. The summed E-state index contributed by atoms with van der Waals surface area (Å²) in [5.41, 5.74) is 3.67. The van der Waals surface area contributed by atoms with E-state index in [1.54, 1.807) is 16.0 Å². The van der Waals surface area contributed by atoms with Gasteiger partial charge in [0.25, 0.3) is 5.91 Å². The van der Waals surface area contributed by atoms with E-state index in [4.69, 9.17) is 0 Å². The Morgan fingerprint density at radius 2 is 1.97 bits per heavy atom. The summed E-state index contributed by atoms with van der Waals surface area (Å²) in [5, 5.41) is 6.59. The molecule has 0 aliphatic carbocycles. The number of hydrogen-bond donors (Lipinski definition) is 0. The molecule has 6 nitrogen and oxygen atoms in total. The fraction of sp³-hybridized carbons (Fsp3) is 0.333. The molecule has 1 aromatic carbocycles. The topological polar surface area (TPSA) is 72.3 Å². The number of fused-ring (bicyclic) bond motifs is 1. The lowest BCUT2D eigenvalue weighted by Crippen LogP contribution is -2.36. The van der Waals surface area contributed by atoms with Crippen molar-refractivity contribution >= 4 is 27.1 Å². The van der Waals surface area contributed by atoms with Gasteiger partial charge in [0, 0.05) is 13.1 Å². The summed E-state index contributed by atoms with van der Waals surface area (Å²) >= 11 is 1.57. The summed E-state index contributed by atoms with van der Waals surface area (Å²) in [4.78, 5) is 16.0. The second kappa shape index (κ2) is 7.11. The smallest absolute Gasteiger partial charge is 0.274 e. The Morgan fingerprint density at radius 3 is 2.69 bits per heavy atom. The van der Waals surface area contributed by atoms with E-state index in [9.17, 15) is 13.2 Å². The SMILES string of the molecule is O=C(c1cc(-c2cccs2)n(C2CCS(=O)(=O)C2)n1)N1CCc2ccccc2C1. The lowest BCUT2D eigenvalue weighted by molar-refractivity contribution is 0.0727. The zero-order valence-corrected chi connectivity index (χ0v) is 17.5. The van der Waals surface area contributed by atoms with Crippen LogP contribution in [0, 0.1) is 0 Å². The summed E-state index contributed by atoms with van der Waals surface area (Å²) < 4.78 is 25.8. The van der Waals surface area contributed by atoms with E-state index in [2.05, 4.69) is 17.2 Å². The predicted octanol–water partition coefficient (Wildman–Crippen LogP) is 3.17. The van der Waals surface area contributed by atoms with Crippen LogP contribution < -0.4 is 0 Å². The van der Waals surface area contributed by atoms with Gasteiger partial charge in [0.05, 0.1) is 28.1 Å². The molecule has 1 unspecified atom stereocenters. The van der Waals surface area contributed by atoms with E-state index in [1.165, 1.54) is 11.1 Å². The molecule has 0 N–H and O–H groups in total. The molecule has 29 heavy (non-hydrogen) atoms. The first-order chi connectivity index (χ1) is 14.0. The van der Waals surface area contributed by atoms with Crippen molar-refractivity contribution in [3.05, 3.63) is 64.7 Å². The highest BCUT2D eigenvalue weighted by atomic mass is 32.2. The molecule has 4 heterocycles. The maximum absolute atomic E-state index is 13.2. The lowest BCUT2D eigenvalue weighted by Gasteiger charge is -2.28. The molecule has 2 aromatic heterocycles. The van der Waals surface area contributed by atoms with Crippen LogP contribution in [0.25, 0.3) is 10.6 Å². The molecule has 0 radical (unpaired) electrons. The van der Waals surface area contributed by atoms with E-state index in [-0.39, 0.29) is 23.5 Å². The molecule has 1 amide bonds. The first-order valence-corrected chi connectivity index (χ1v) is 12.4. The van der Waals surface area contributed by atoms with Crippen molar-refractivity contribution < 1.29 is 13.2 Å². The molecule has 0 spiro atoms. The minimum Gasteiger partial charge on any atom is -0.333 e. The normalized spacial score (nSPS) is 20.6. The van der Waals surface area contributed by atoms with E-state index in [0.717, 1.165) is 17.0 Å². The number of nitrogens with zero attached hydrogens (tertiary/aromatic N) is 3. The number of thiophene rings is 1. The molecule has 2 aliphatic rings. The van der Waals surface area contributed by atoms with Crippen LogP contribution in [0.4, 0.5) is 0 Å². The summed E-state index contributed by atoms with van der Waals surface area (Å²) in [5.74, 6) is 0.155. The Morgan fingerprint density at radius 1 is 1.14 bits per heavy atom. The Bertz CT molecular complexity index is 1170. The Hall–Kier alpha value is -2.45. The van der Waals surface area contributed by atoms with Crippen LogP contribution in [0.2, 0.25) is 0 Å². The van der Waals surface area contributed by atoms with Crippen LogP contribution in [0.1, 0.15) is 34.1 Å². The zero-order valence-electron chi connectivity index (χ0n) is 15.8. The van der Waals surface area contributed by atoms with Crippen molar-refractivity contribution in [2.75, 3.05) is 18.1 Å². The second-order valence-electron chi connectivity index (χ2n) is 7.64. The summed E-state index contributed by atoms with van der Waals surface area (Å²) in [6, 6.07) is 13.7. The number of sulfone groups is 1. The third-order valence-electron chi connectivity index (χ3n) is 5.70. The highest BCUT2D eigenvalue weighted by molar-refractivity contribution is 7.91. The van der Waals surface area contributed by atoms with E-state index in [1.807, 2.05) is 40.6 Å². The number of rotatable bonds is 3. The molecule has 3 aromatic rings. The van der Waals surface area contributed by atoms with Crippen LogP contribution in [-0.4, -0.2) is 47.1 Å². The van der Waals surface area contributed by atoms with Crippen LogP contribution in [0.3, 0.4) is 0 Å². The highest BCUT2D eigenvalue weighted by Gasteiger charge is 2.33. The van der Waals surface area contributed by atoms with Crippen molar-refractivity contribution in [1.82, 2.24) is 14.7 Å². The average molecular weight is 428 g/mol. The standard InChI is InChI=1S/C21H21N3O3S2/c25-21(23-9-7-15-4-1-2-5-16(15)13-23)18-12-19(20-6-3-10-28-20)24(22-18)17-8-11-29(26,27)14-17/h1-6,10,12,17H,7-9,11,13-14H2. The van der Waals surface area contributed by atoms with Gasteiger partial charge in [-0.3, -0.25) is 9.48 Å². The molecule has 1 fully saturated rings. The van der Waals surface area contributed by atoms with E-state index < -0.39 is 9.84 Å². The Kier molecular flexibility index (Phi) is 4.55. The number of hydrogen-bond acceptors (Lipinski definition) is 5. The largest absolute Gasteiger partial charge is 0.333 e. The van der Waals surface area contributed by atoms with Crippen LogP contribution in [-0.2, 0) is 22.8 Å². The third kappa shape index (κ3) is 3.51. The molecule has 0 bridgehead atoms. The molecule has 0 saturated carbocycles. The molecule has 150 valence electrons. The lowest BCUT2D eigenvalue weighted by atomic mass is 10.00. The number of carbonyl (C=O) groups is 1. The average Bonchev–Trinajstić information content (AvgIpc) is 3.46. The van der Waals surface area contributed by atoms with Gasteiger partial charge < -0.3 is 4.90 Å². The molecule has 2 aliphatic heterocycles. The van der Waals surface area contributed by atoms with Crippen molar-refractivity contribution in [3.8, 4) is 10.6 Å².